The van der Waals surface area contributed by atoms with Crippen molar-refractivity contribution in [3.8, 4) is 0 Å². The largest absolute Gasteiger partial charge is 0.365 e. The van der Waals surface area contributed by atoms with E-state index in [0.29, 0.717) is 16.6 Å². The summed E-state index contributed by atoms with van der Waals surface area (Å²) in [5.41, 5.74) is 3.19. The fraction of sp³-hybridized carbons (Fsp3) is 0.316. The second-order valence-corrected chi connectivity index (χ2v) is 6.58. The summed E-state index contributed by atoms with van der Waals surface area (Å²) < 4.78 is 0. The number of carbonyl (C=O) groups excluding carboxylic acids is 1. The summed E-state index contributed by atoms with van der Waals surface area (Å²) in [5.74, 6) is 0.0809. The van der Waals surface area contributed by atoms with Crippen molar-refractivity contribution in [3.63, 3.8) is 0 Å². The number of amides is 1. The van der Waals surface area contributed by atoms with E-state index >= 15 is 0 Å². The van der Waals surface area contributed by atoms with Crippen LogP contribution in [-0.2, 0) is 0 Å². The van der Waals surface area contributed by atoms with Gasteiger partial charge in [-0.1, -0.05) is 23.7 Å². The Hall–Kier alpha value is -2.00. The third-order valence-electron chi connectivity index (χ3n) is 4.34. The molecule has 1 aliphatic heterocycles. The summed E-state index contributed by atoms with van der Waals surface area (Å²) in [6, 6.07) is 15.9. The number of anilines is 1. The molecule has 1 fully saturated rings. The quantitative estimate of drug-likeness (QED) is 0.832. The third kappa shape index (κ3) is 3.50. The highest BCUT2D eigenvalue weighted by Gasteiger charge is 2.27. The predicted octanol–water partition coefficient (Wildman–Crippen LogP) is 4.00. The molecular formula is C19H21ClN2O. The molecule has 1 saturated heterocycles. The van der Waals surface area contributed by atoms with Crippen LogP contribution in [0.25, 0.3) is 0 Å². The fourth-order valence-corrected chi connectivity index (χ4v) is 3.23. The van der Waals surface area contributed by atoms with Gasteiger partial charge >= 0.3 is 0 Å². The summed E-state index contributed by atoms with van der Waals surface area (Å²) in [7, 11) is 0. The zero-order chi connectivity index (χ0) is 16.4. The second-order valence-electron chi connectivity index (χ2n) is 6.14. The van der Waals surface area contributed by atoms with Crippen molar-refractivity contribution < 1.29 is 4.79 Å². The van der Waals surface area contributed by atoms with Crippen molar-refractivity contribution in [1.29, 1.82) is 0 Å². The van der Waals surface area contributed by atoms with Gasteiger partial charge in [0.05, 0.1) is 0 Å². The van der Waals surface area contributed by atoms with Crippen LogP contribution in [0.15, 0.2) is 48.5 Å². The Labute approximate surface area is 142 Å². The minimum absolute atomic E-state index is 0.0809. The van der Waals surface area contributed by atoms with Crippen LogP contribution >= 0.6 is 11.6 Å². The number of benzene rings is 2. The van der Waals surface area contributed by atoms with Gasteiger partial charge in [-0.25, -0.2) is 0 Å². The zero-order valence-corrected chi connectivity index (χ0v) is 14.3. The van der Waals surface area contributed by atoms with Crippen molar-refractivity contribution in [2.45, 2.75) is 19.9 Å². The molecule has 1 heterocycles. The van der Waals surface area contributed by atoms with E-state index in [1.165, 1.54) is 11.3 Å². The lowest BCUT2D eigenvalue weighted by Crippen LogP contribution is -2.53. The van der Waals surface area contributed by atoms with Gasteiger partial charge in [0, 0.05) is 41.9 Å². The van der Waals surface area contributed by atoms with Crippen LogP contribution in [0, 0.1) is 6.92 Å². The van der Waals surface area contributed by atoms with Crippen molar-refractivity contribution in [1.82, 2.24) is 4.90 Å². The van der Waals surface area contributed by atoms with Crippen LogP contribution < -0.4 is 4.90 Å². The van der Waals surface area contributed by atoms with E-state index in [1.54, 1.807) is 24.3 Å². The average molecular weight is 329 g/mol. The Bertz CT molecular complexity index is 699. The Kier molecular flexibility index (Phi) is 4.58. The maximum Gasteiger partial charge on any atom is 0.253 e. The summed E-state index contributed by atoms with van der Waals surface area (Å²) in [5, 5.41) is 0.652. The highest BCUT2D eigenvalue weighted by molar-refractivity contribution is 6.30. The number of piperazine rings is 1. The lowest BCUT2D eigenvalue weighted by atomic mass is 10.1. The van der Waals surface area contributed by atoms with E-state index in [1.807, 2.05) is 4.90 Å². The molecule has 2 aromatic rings. The molecule has 4 heteroatoms. The van der Waals surface area contributed by atoms with Crippen molar-refractivity contribution >= 4 is 23.2 Å². The number of aryl methyl sites for hydroxylation is 1. The van der Waals surface area contributed by atoms with Crippen LogP contribution in [0.4, 0.5) is 5.69 Å². The van der Waals surface area contributed by atoms with Gasteiger partial charge in [0.1, 0.15) is 0 Å². The Morgan fingerprint density at radius 1 is 1.13 bits per heavy atom. The summed E-state index contributed by atoms with van der Waals surface area (Å²) >= 11 is 5.89. The SMILES string of the molecule is Cc1cccc(N2CCN(C(=O)c3ccc(Cl)cc3)C[C@H]2C)c1. The van der Waals surface area contributed by atoms with E-state index < -0.39 is 0 Å². The lowest BCUT2D eigenvalue weighted by Gasteiger charge is -2.41. The van der Waals surface area contributed by atoms with Crippen molar-refractivity contribution in [2.75, 3.05) is 24.5 Å². The molecule has 0 N–H and O–H groups in total. The van der Waals surface area contributed by atoms with Crippen molar-refractivity contribution in [2.24, 2.45) is 0 Å². The van der Waals surface area contributed by atoms with E-state index in [4.69, 9.17) is 11.6 Å². The molecule has 3 nitrogen and oxygen atoms in total. The van der Waals surface area contributed by atoms with Crippen LogP contribution in [0.5, 0.6) is 0 Å². The van der Waals surface area contributed by atoms with E-state index in [0.717, 1.165) is 19.6 Å². The number of carbonyl (C=O) groups is 1. The molecule has 1 amide bonds. The summed E-state index contributed by atoms with van der Waals surface area (Å²) in [4.78, 5) is 16.9. The molecule has 0 aromatic heterocycles. The topological polar surface area (TPSA) is 23.6 Å². The monoisotopic (exact) mass is 328 g/mol. The Balaban J connectivity index is 1.71. The summed E-state index contributed by atoms with van der Waals surface area (Å²) in [6.45, 7) is 6.59. The first kappa shape index (κ1) is 15.9. The summed E-state index contributed by atoms with van der Waals surface area (Å²) in [6.07, 6.45) is 0. The molecule has 120 valence electrons. The number of rotatable bonds is 2. The number of hydrogen-bond donors (Lipinski definition) is 0. The number of hydrogen-bond acceptors (Lipinski definition) is 2. The van der Waals surface area contributed by atoms with Crippen molar-refractivity contribution in [3.05, 3.63) is 64.7 Å². The lowest BCUT2D eigenvalue weighted by molar-refractivity contribution is 0.0726. The molecule has 23 heavy (non-hydrogen) atoms. The van der Waals surface area contributed by atoms with E-state index in [-0.39, 0.29) is 5.91 Å². The van der Waals surface area contributed by atoms with Gasteiger partial charge in [-0.2, -0.15) is 0 Å². The molecule has 0 unspecified atom stereocenters. The van der Waals surface area contributed by atoms with Crippen LogP contribution in [-0.4, -0.2) is 36.5 Å². The number of nitrogens with zero attached hydrogens (tertiary/aromatic N) is 2. The molecule has 0 radical (unpaired) electrons. The zero-order valence-electron chi connectivity index (χ0n) is 13.5. The minimum Gasteiger partial charge on any atom is -0.365 e. The molecule has 0 aliphatic carbocycles. The minimum atomic E-state index is 0.0809. The molecule has 0 bridgehead atoms. The van der Waals surface area contributed by atoms with Gasteiger partial charge in [-0.15, -0.1) is 0 Å². The fourth-order valence-electron chi connectivity index (χ4n) is 3.11. The third-order valence-corrected chi connectivity index (χ3v) is 4.59. The van der Waals surface area contributed by atoms with Gasteiger partial charge in [0.25, 0.3) is 5.91 Å². The van der Waals surface area contributed by atoms with Gasteiger partial charge in [-0.3, -0.25) is 4.79 Å². The molecule has 2 aromatic carbocycles. The highest BCUT2D eigenvalue weighted by Crippen LogP contribution is 2.22. The Morgan fingerprint density at radius 2 is 1.87 bits per heavy atom. The average Bonchev–Trinajstić information content (AvgIpc) is 2.55. The number of halogens is 1. The molecule has 0 spiro atoms. The van der Waals surface area contributed by atoms with E-state index in [2.05, 4.69) is 43.0 Å². The normalized spacial score (nSPS) is 18.1. The molecular weight excluding hydrogens is 308 g/mol. The van der Waals surface area contributed by atoms with Gasteiger partial charge in [0.15, 0.2) is 0 Å². The first-order valence-corrected chi connectivity index (χ1v) is 8.30. The first-order chi connectivity index (χ1) is 11.0. The Morgan fingerprint density at radius 3 is 2.52 bits per heavy atom. The predicted molar refractivity (Wildman–Crippen MR) is 95.3 cm³/mol. The molecule has 3 rings (SSSR count). The smallest absolute Gasteiger partial charge is 0.253 e. The van der Waals surface area contributed by atoms with Crippen LogP contribution in [0.1, 0.15) is 22.8 Å². The van der Waals surface area contributed by atoms with Gasteiger partial charge in [0.2, 0.25) is 0 Å². The highest BCUT2D eigenvalue weighted by atomic mass is 35.5. The molecule has 1 atom stereocenters. The second kappa shape index (κ2) is 6.63. The molecule has 0 saturated carbocycles. The van der Waals surface area contributed by atoms with Gasteiger partial charge < -0.3 is 9.80 Å². The maximum absolute atomic E-state index is 12.6. The standard InChI is InChI=1S/C19H21ClN2O/c1-14-4-3-5-18(12-14)22-11-10-21(13-15(22)2)19(23)16-6-8-17(20)9-7-16/h3-9,12,15H,10-11,13H2,1-2H3/t15-/m1/s1. The van der Waals surface area contributed by atoms with E-state index in [9.17, 15) is 4.79 Å². The molecule has 1 aliphatic rings. The van der Waals surface area contributed by atoms with Gasteiger partial charge in [-0.05, 0) is 55.8 Å². The first-order valence-electron chi connectivity index (χ1n) is 7.93. The maximum atomic E-state index is 12.6. The van der Waals surface area contributed by atoms with Crippen LogP contribution in [0.2, 0.25) is 5.02 Å². The van der Waals surface area contributed by atoms with Crippen LogP contribution in [0.3, 0.4) is 0 Å².